The zero-order valence-corrected chi connectivity index (χ0v) is 29.9. The van der Waals surface area contributed by atoms with Gasteiger partial charge in [-0.15, -0.1) is 0 Å². The smallest absolute Gasteiger partial charge is 0.288 e. The standard InChI is InChI=1S/C36H49N4O8P/c1-6-9-11-16-30(31(7-2)40(25-41)47-22-26-14-12-10-13-15-26)35(43)37-23-38-36(44)33-18-17-32(48-33)27-19-28(21-29(20-27)46-8-3)34(42)39-24-49(4,5)45/h10,12-15,17-21,25,30-31H,6-9,11,16,22-24H2,1-5H3,(H,37,43)(H,38,44)(H,39,42)/t30-,31-/m1/s1. The van der Waals surface area contributed by atoms with Crippen molar-refractivity contribution in [1.82, 2.24) is 21.0 Å². The van der Waals surface area contributed by atoms with Crippen molar-refractivity contribution in [3.05, 3.63) is 77.6 Å². The first-order valence-electron chi connectivity index (χ1n) is 16.7. The quantitative estimate of drug-likeness (QED) is 0.0401. The van der Waals surface area contributed by atoms with Crippen LogP contribution in [0.2, 0.25) is 0 Å². The van der Waals surface area contributed by atoms with Crippen molar-refractivity contribution in [1.29, 1.82) is 0 Å². The summed E-state index contributed by atoms with van der Waals surface area (Å²) in [6.45, 7) is 9.37. The first-order valence-corrected chi connectivity index (χ1v) is 19.4. The predicted molar refractivity (Wildman–Crippen MR) is 188 cm³/mol. The summed E-state index contributed by atoms with van der Waals surface area (Å²) in [4.78, 5) is 57.2. The summed E-state index contributed by atoms with van der Waals surface area (Å²) in [5, 5.41) is 9.36. The second-order valence-corrected chi connectivity index (χ2v) is 15.6. The van der Waals surface area contributed by atoms with Gasteiger partial charge in [-0.3, -0.25) is 24.0 Å². The molecule has 0 unspecified atom stereocenters. The van der Waals surface area contributed by atoms with Gasteiger partial charge in [0.15, 0.2) is 5.76 Å². The number of unbranched alkanes of at least 4 members (excludes halogenated alkanes) is 2. The number of furan rings is 1. The van der Waals surface area contributed by atoms with E-state index in [1.165, 1.54) is 11.1 Å². The molecule has 13 heteroatoms. The van der Waals surface area contributed by atoms with Crippen LogP contribution in [0.25, 0.3) is 11.3 Å². The summed E-state index contributed by atoms with van der Waals surface area (Å²) in [6.07, 6.45) is 4.40. The van der Waals surface area contributed by atoms with Gasteiger partial charge >= 0.3 is 0 Å². The average Bonchev–Trinajstić information content (AvgIpc) is 3.59. The minimum absolute atomic E-state index is 0.00217. The SMILES string of the molecule is CCCCC[C@@H](C(=O)NCNC(=O)c1ccc(-c2cc(OCC)cc(C(=O)NCP(C)(C)=O)c2)o1)[C@@H](CC)N(C=O)OCc1ccccc1. The van der Waals surface area contributed by atoms with Crippen molar-refractivity contribution in [2.75, 3.05) is 32.9 Å². The fourth-order valence-electron chi connectivity index (χ4n) is 5.21. The monoisotopic (exact) mass is 696 g/mol. The van der Waals surface area contributed by atoms with Crippen molar-refractivity contribution in [2.45, 2.75) is 65.5 Å². The van der Waals surface area contributed by atoms with Crippen LogP contribution < -0.4 is 20.7 Å². The highest BCUT2D eigenvalue weighted by atomic mass is 31.2. The normalized spacial score (nSPS) is 12.4. The van der Waals surface area contributed by atoms with E-state index in [0.717, 1.165) is 24.8 Å². The molecule has 1 heterocycles. The summed E-state index contributed by atoms with van der Waals surface area (Å²) in [7, 11) is -2.47. The molecule has 0 fully saturated rings. The molecule has 0 saturated carbocycles. The third-order valence-corrected chi connectivity index (χ3v) is 8.64. The molecule has 1 aromatic heterocycles. The Bertz CT molecular complexity index is 1570. The first kappa shape index (κ1) is 39.0. The summed E-state index contributed by atoms with van der Waals surface area (Å²) in [5.41, 5.74) is 1.69. The number of amides is 4. The molecule has 2 aromatic carbocycles. The van der Waals surface area contributed by atoms with Gasteiger partial charge in [-0.2, -0.15) is 0 Å². The van der Waals surface area contributed by atoms with E-state index in [1.807, 2.05) is 44.2 Å². The Morgan fingerprint density at radius 2 is 1.69 bits per heavy atom. The van der Waals surface area contributed by atoms with Gasteiger partial charge in [0.25, 0.3) is 11.8 Å². The van der Waals surface area contributed by atoms with Gasteiger partial charge < -0.3 is 29.7 Å². The largest absolute Gasteiger partial charge is 0.494 e. The highest BCUT2D eigenvalue weighted by molar-refractivity contribution is 7.62. The highest BCUT2D eigenvalue weighted by Crippen LogP contribution is 2.34. The van der Waals surface area contributed by atoms with E-state index in [9.17, 15) is 23.7 Å². The molecule has 12 nitrogen and oxygen atoms in total. The van der Waals surface area contributed by atoms with Gasteiger partial charge in [-0.05, 0) is 69.0 Å². The Labute approximate surface area is 288 Å². The number of nitrogens with one attached hydrogen (secondary N) is 3. The molecule has 0 radical (unpaired) electrons. The van der Waals surface area contributed by atoms with E-state index < -0.39 is 30.9 Å². The van der Waals surface area contributed by atoms with Crippen LogP contribution in [0.1, 0.15) is 79.4 Å². The third kappa shape index (κ3) is 12.5. The number of hydrogen-bond donors (Lipinski definition) is 3. The molecule has 0 aliphatic rings. The number of ether oxygens (including phenoxy) is 1. The number of hydrogen-bond acceptors (Lipinski definition) is 8. The van der Waals surface area contributed by atoms with Crippen molar-refractivity contribution < 1.29 is 37.7 Å². The number of nitrogens with zero attached hydrogens (tertiary/aromatic N) is 1. The predicted octanol–water partition coefficient (Wildman–Crippen LogP) is 6.02. The van der Waals surface area contributed by atoms with E-state index >= 15 is 0 Å². The zero-order valence-electron chi connectivity index (χ0n) is 29.0. The minimum atomic E-state index is -2.47. The van der Waals surface area contributed by atoms with Crippen molar-refractivity contribution in [2.24, 2.45) is 5.92 Å². The lowest BCUT2D eigenvalue weighted by Gasteiger charge is -2.32. The molecule has 266 valence electrons. The molecule has 4 amide bonds. The van der Waals surface area contributed by atoms with Crippen LogP contribution in [0.3, 0.4) is 0 Å². The summed E-state index contributed by atoms with van der Waals surface area (Å²) in [5.74, 6) is -1.07. The second-order valence-electron chi connectivity index (χ2n) is 12.1. The van der Waals surface area contributed by atoms with Crippen molar-refractivity contribution >= 4 is 31.3 Å². The molecule has 49 heavy (non-hydrogen) atoms. The van der Waals surface area contributed by atoms with E-state index in [-0.39, 0.29) is 36.8 Å². The van der Waals surface area contributed by atoms with Crippen LogP contribution in [-0.2, 0) is 25.6 Å². The maximum absolute atomic E-state index is 13.5. The van der Waals surface area contributed by atoms with Gasteiger partial charge in [0.1, 0.15) is 25.3 Å². The van der Waals surface area contributed by atoms with E-state index in [4.69, 9.17) is 14.0 Å². The van der Waals surface area contributed by atoms with Crippen molar-refractivity contribution in [3.8, 4) is 17.1 Å². The van der Waals surface area contributed by atoms with Crippen LogP contribution in [-0.4, -0.2) is 68.1 Å². The van der Waals surface area contributed by atoms with E-state index in [2.05, 4.69) is 22.9 Å². The Morgan fingerprint density at radius 3 is 2.35 bits per heavy atom. The molecule has 0 bridgehead atoms. The number of hydroxylamine groups is 2. The summed E-state index contributed by atoms with van der Waals surface area (Å²) < 4.78 is 23.6. The molecule has 0 aliphatic carbocycles. The third-order valence-electron chi connectivity index (χ3n) is 7.72. The minimum Gasteiger partial charge on any atom is -0.494 e. The fourth-order valence-corrected chi connectivity index (χ4v) is 5.74. The molecular formula is C36H49N4O8P. The Morgan fingerprint density at radius 1 is 0.939 bits per heavy atom. The second kappa shape index (κ2) is 19.6. The summed E-state index contributed by atoms with van der Waals surface area (Å²) in [6, 6.07) is 16.9. The zero-order chi connectivity index (χ0) is 35.8. The number of rotatable bonds is 21. The van der Waals surface area contributed by atoms with Crippen molar-refractivity contribution in [3.63, 3.8) is 0 Å². The molecule has 2 atom stereocenters. The van der Waals surface area contributed by atoms with E-state index in [1.54, 1.807) is 37.6 Å². The van der Waals surface area contributed by atoms with Crippen LogP contribution >= 0.6 is 7.14 Å². The van der Waals surface area contributed by atoms with Crippen LogP contribution in [0.4, 0.5) is 0 Å². The maximum atomic E-state index is 13.5. The molecule has 3 aromatic rings. The molecular weight excluding hydrogens is 647 g/mol. The number of carbonyl (C=O) groups is 4. The molecule has 0 spiro atoms. The molecule has 3 N–H and O–H groups in total. The average molecular weight is 697 g/mol. The Kier molecular flexibility index (Phi) is 15.6. The molecule has 0 aliphatic heterocycles. The topological polar surface area (TPSA) is 156 Å². The highest BCUT2D eigenvalue weighted by Gasteiger charge is 2.32. The van der Waals surface area contributed by atoms with Crippen LogP contribution in [0, 0.1) is 5.92 Å². The molecule has 3 rings (SSSR count). The molecule has 0 saturated heterocycles. The lowest BCUT2D eigenvalue weighted by atomic mass is 9.90. The van der Waals surface area contributed by atoms with Gasteiger partial charge in [-0.1, -0.05) is 63.4 Å². The lowest BCUT2D eigenvalue weighted by molar-refractivity contribution is -0.200. The number of carbonyl (C=O) groups excluding carboxylic acids is 4. The fraction of sp³-hybridized carbons (Fsp3) is 0.444. The lowest BCUT2D eigenvalue weighted by Crippen LogP contribution is -2.48. The van der Waals surface area contributed by atoms with E-state index in [0.29, 0.717) is 42.9 Å². The van der Waals surface area contributed by atoms with Gasteiger partial charge in [0, 0.05) is 11.1 Å². The van der Waals surface area contributed by atoms with Gasteiger partial charge in [0.2, 0.25) is 12.3 Å². The number of benzene rings is 2. The van der Waals surface area contributed by atoms with Crippen LogP contribution in [0.5, 0.6) is 5.75 Å². The Hall–Kier alpha value is -4.41. The maximum Gasteiger partial charge on any atom is 0.288 e. The Balaban J connectivity index is 1.67. The van der Waals surface area contributed by atoms with Crippen LogP contribution in [0.15, 0.2) is 65.1 Å². The van der Waals surface area contributed by atoms with Gasteiger partial charge in [-0.25, -0.2) is 5.06 Å². The van der Waals surface area contributed by atoms with Gasteiger partial charge in [0.05, 0.1) is 31.5 Å². The summed E-state index contributed by atoms with van der Waals surface area (Å²) >= 11 is 0. The first-order chi connectivity index (χ1) is 23.5.